The first-order chi connectivity index (χ1) is 12.7. The molecule has 0 bridgehead atoms. The minimum absolute atomic E-state index is 0.0698. The molecule has 132 valence electrons. The van der Waals surface area contributed by atoms with Crippen LogP contribution in [0.5, 0.6) is 0 Å². The summed E-state index contributed by atoms with van der Waals surface area (Å²) >= 11 is 0. The monoisotopic (exact) mass is 350 g/mol. The summed E-state index contributed by atoms with van der Waals surface area (Å²) < 4.78 is 6.37. The molecule has 1 amide bonds. The average Bonchev–Trinajstić information content (AvgIpc) is 3.03. The van der Waals surface area contributed by atoms with Crippen molar-refractivity contribution < 1.29 is 14.3 Å². The summed E-state index contributed by atoms with van der Waals surface area (Å²) in [6.45, 7) is 0. The maximum absolute atomic E-state index is 12.2. The number of esters is 1. The zero-order valence-corrected chi connectivity index (χ0v) is 14.3. The third-order valence-electron chi connectivity index (χ3n) is 4.71. The molecule has 2 heterocycles. The molecule has 0 radical (unpaired) electrons. The summed E-state index contributed by atoms with van der Waals surface area (Å²) in [5.74, 6) is -0.286. The number of anilines is 1. The maximum Gasteiger partial charge on any atom is 0.343 e. The summed E-state index contributed by atoms with van der Waals surface area (Å²) in [6.07, 6.45) is 6.10. The van der Waals surface area contributed by atoms with E-state index < -0.39 is 5.97 Å². The Hall–Kier alpha value is -3.22. The average molecular weight is 350 g/mol. The Bertz CT molecular complexity index is 991. The fraction of sp³-hybridized carbons (Fsp3) is 0.263. The highest BCUT2D eigenvalue weighted by Crippen LogP contribution is 2.29. The highest BCUT2D eigenvalue weighted by Gasteiger charge is 2.25. The summed E-state index contributed by atoms with van der Waals surface area (Å²) in [5.41, 5.74) is 3.11. The summed E-state index contributed by atoms with van der Waals surface area (Å²) in [5, 5.41) is 7.25. The number of nitrogens with zero attached hydrogens (tertiary/aromatic N) is 3. The van der Waals surface area contributed by atoms with Crippen molar-refractivity contribution in [3.8, 4) is 11.3 Å². The molecule has 1 aromatic carbocycles. The number of hydrogen-bond acceptors (Lipinski definition) is 5. The van der Waals surface area contributed by atoms with E-state index in [1.54, 1.807) is 10.7 Å². The molecule has 26 heavy (non-hydrogen) atoms. The van der Waals surface area contributed by atoms with Crippen molar-refractivity contribution in [3.05, 3.63) is 48.3 Å². The van der Waals surface area contributed by atoms with Gasteiger partial charge in [-0.05, 0) is 31.0 Å². The van der Waals surface area contributed by atoms with Gasteiger partial charge >= 0.3 is 5.97 Å². The molecule has 1 N–H and O–H groups in total. The number of rotatable bonds is 4. The number of fused-ring (bicyclic) bond motifs is 1. The van der Waals surface area contributed by atoms with Gasteiger partial charge in [-0.25, -0.2) is 14.3 Å². The summed E-state index contributed by atoms with van der Waals surface area (Å²) in [7, 11) is 1.32. The Balaban J connectivity index is 1.69. The predicted molar refractivity (Wildman–Crippen MR) is 95.7 cm³/mol. The first kappa shape index (κ1) is 16.3. The number of methoxy groups -OCH3 is 1. The minimum Gasteiger partial charge on any atom is -0.465 e. The number of carbonyl (C=O) groups excluding carboxylic acids is 2. The van der Waals surface area contributed by atoms with Gasteiger partial charge in [0.2, 0.25) is 5.91 Å². The van der Waals surface area contributed by atoms with Crippen molar-refractivity contribution in [3.63, 3.8) is 0 Å². The standard InChI is InChI=1S/C19H18N4O3/c1-26-19(25)15-11-21-23-16(8-9-20-17(15)23)13-6-3-7-14(10-13)22-18(24)12-4-2-5-12/h3,6-12H,2,4-5H2,1H3,(H,22,24). The van der Waals surface area contributed by atoms with Gasteiger partial charge in [0, 0.05) is 23.4 Å². The number of ether oxygens (including phenoxy) is 1. The zero-order chi connectivity index (χ0) is 18.1. The van der Waals surface area contributed by atoms with Crippen molar-refractivity contribution in [2.75, 3.05) is 12.4 Å². The van der Waals surface area contributed by atoms with E-state index in [0.29, 0.717) is 11.2 Å². The van der Waals surface area contributed by atoms with Crippen molar-refractivity contribution in [1.29, 1.82) is 0 Å². The van der Waals surface area contributed by atoms with Crippen molar-refractivity contribution >= 4 is 23.2 Å². The van der Waals surface area contributed by atoms with Crippen LogP contribution in [0.25, 0.3) is 16.9 Å². The fourth-order valence-electron chi connectivity index (χ4n) is 3.04. The molecule has 0 spiro atoms. The second kappa shape index (κ2) is 6.59. The Labute approximate surface area is 150 Å². The minimum atomic E-state index is -0.480. The van der Waals surface area contributed by atoms with Crippen LogP contribution in [0, 0.1) is 5.92 Å². The van der Waals surface area contributed by atoms with Crippen LogP contribution in [0.2, 0.25) is 0 Å². The fourth-order valence-corrected chi connectivity index (χ4v) is 3.04. The number of hydrogen-bond donors (Lipinski definition) is 1. The number of amides is 1. The van der Waals surface area contributed by atoms with E-state index in [1.807, 2.05) is 30.3 Å². The highest BCUT2D eigenvalue weighted by molar-refractivity contribution is 5.96. The predicted octanol–water partition coefficient (Wildman–Crippen LogP) is 2.92. The lowest BCUT2D eigenvalue weighted by Gasteiger charge is -2.24. The Morgan fingerprint density at radius 3 is 2.85 bits per heavy atom. The zero-order valence-electron chi connectivity index (χ0n) is 14.3. The first-order valence-corrected chi connectivity index (χ1v) is 8.50. The van der Waals surface area contributed by atoms with E-state index in [1.165, 1.54) is 13.3 Å². The molecule has 1 saturated carbocycles. The lowest BCUT2D eigenvalue weighted by Crippen LogP contribution is -2.27. The molecular formula is C19H18N4O3. The van der Waals surface area contributed by atoms with Gasteiger partial charge in [-0.2, -0.15) is 5.10 Å². The van der Waals surface area contributed by atoms with Gasteiger partial charge in [-0.15, -0.1) is 0 Å². The highest BCUT2D eigenvalue weighted by atomic mass is 16.5. The van der Waals surface area contributed by atoms with Gasteiger partial charge in [0.1, 0.15) is 5.56 Å². The second-order valence-electron chi connectivity index (χ2n) is 6.31. The molecule has 0 saturated heterocycles. The third-order valence-corrected chi connectivity index (χ3v) is 4.71. The van der Waals surface area contributed by atoms with Crippen molar-refractivity contribution in [1.82, 2.24) is 14.6 Å². The van der Waals surface area contributed by atoms with E-state index in [0.717, 1.165) is 36.2 Å². The maximum atomic E-state index is 12.2. The van der Waals surface area contributed by atoms with Gasteiger partial charge in [0.05, 0.1) is 19.0 Å². The molecule has 1 fully saturated rings. The molecule has 7 nitrogen and oxygen atoms in total. The van der Waals surface area contributed by atoms with Gasteiger partial charge in [0.15, 0.2) is 5.65 Å². The summed E-state index contributed by atoms with van der Waals surface area (Å²) in [6, 6.07) is 9.37. The molecule has 1 aliphatic carbocycles. The lowest BCUT2D eigenvalue weighted by atomic mass is 9.85. The van der Waals surface area contributed by atoms with Crippen LogP contribution in [0.1, 0.15) is 29.6 Å². The van der Waals surface area contributed by atoms with Gasteiger partial charge < -0.3 is 10.1 Å². The molecule has 0 atom stereocenters. The molecular weight excluding hydrogens is 332 g/mol. The molecule has 2 aromatic heterocycles. The van der Waals surface area contributed by atoms with Crippen LogP contribution >= 0.6 is 0 Å². The van der Waals surface area contributed by atoms with Gasteiger partial charge in [0.25, 0.3) is 0 Å². The van der Waals surface area contributed by atoms with Crippen LogP contribution in [0.3, 0.4) is 0 Å². The number of benzene rings is 1. The largest absolute Gasteiger partial charge is 0.465 e. The first-order valence-electron chi connectivity index (χ1n) is 8.50. The molecule has 0 unspecified atom stereocenters. The third kappa shape index (κ3) is 2.81. The van der Waals surface area contributed by atoms with Crippen molar-refractivity contribution in [2.45, 2.75) is 19.3 Å². The van der Waals surface area contributed by atoms with Crippen molar-refractivity contribution in [2.24, 2.45) is 5.92 Å². The van der Waals surface area contributed by atoms with Crippen LogP contribution in [-0.2, 0) is 9.53 Å². The normalized spacial score (nSPS) is 14.0. The second-order valence-corrected chi connectivity index (χ2v) is 6.31. The summed E-state index contributed by atoms with van der Waals surface area (Å²) in [4.78, 5) is 28.3. The van der Waals surface area contributed by atoms with Crippen LogP contribution in [0.15, 0.2) is 42.7 Å². The Morgan fingerprint density at radius 1 is 1.27 bits per heavy atom. The Morgan fingerprint density at radius 2 is 2.12 bits per heavy atom. The molecule has 4 rings (SSSR count). The van der Waals surface area contributed by atoms with Crippen LogP contribution in [0.4, 0.5) is 5.69 Å². The van der Waals surface area contributed by atoms with E-state index in [-0.39, 0.29) is 11.8 Å². The van der Waals surface area contributed by atoms with Crippen LogP contribution in [-0.4, -0.2) is 33.6 Å². The van der Waals surface area contributed by atoms with E-state index in [4.69, 9.17) is 4.74 Å². The molecule has 7 heteroatoms. The SMILES string of the molecule is COC(=O)c1cnn2c(-c3cccc(NC(=O)C4CCC4)c3)ccnc12. The molecule has 0 aliphatic heterocycles. The van der Waals surface area contributed by atoms with E-state index >= 15 is 0 Å². The van der Waals surface area contributed by atoms with Crippen LogP contribution < -0.4 is 5.32 Å². The van der Waals surface area contributed by atoms with Gasteiger partial charge in [-0.1, -0.05) is 18.6 Å². The quantitative estimate of drug-likeness (QED) is 0.731. The number of aromatic nitrogens is 3. The number of carbonyl (C=O) groups is 2. The van der Waals surface area contributed by atoms with E-state index in [2.05, 4.69) is 15.4 Å². The molecule has 3 aromatic rings. The number of nitrogens with one attached hydrogen (secondary N) is 1. The topological polar surface area (TPSA) is 85.6 Å². The van der Waals surface area contributed by atoms with E-state index in [9.17, 15) is 9.59 Å². The Kier molecular flexibility index (Phi) is 4.12. The van der Waals surface area contributed by atoms with Gasteiger partial charge in [-0.3, -0.25) is 4.79 Å². The molecule has 1 aliphatic rings. The lowest BCUT2D eigenvalue weighted by molar-refractivity contribution is -0.122. The smallest absolute Gasteiger partial charge is 0.343 e.